The standard InChI is InChI=1S/C15H16N2O6S/c1-9-3-4-11(7-12(9)24(16,20)21)17-13(18)8-23-15(19)14-10(2)5-6-22-14/h3-7H,8H2,1-2H3,(H,17,18)(H2,16,20,21). The van der Waals surface area contributed by atoms with Gasteiger partial charge in [-0.3, -0.25) is 4.79 Å². The molecule has 0 unspecified atom stereocenters. The maximum Gasteiger partial charge on any atom is 0.375 e. The molecule has 0 bridgehead atoms. The second kappa shape index (κ2) is 6.85. The zero-order valence-electron chi connectivity index (χ0n) is 13.0. The van der Waals surface area contributed by atoms with Crippen LogP contribution in [-0.4, -0.2) is 26.9 Å². The van der Waals surface area contributed by atoms with E-state index < -0.39 is 28.5 Å². The number of hydrogen-bond acceptors (Lipinski definition) is 6. The van der Waals surface area contributed by atoms with Crippen LogP contribution >= 0.6 is 0 Å². The molecule has 1 aromatic heterocycles. The molecule has 3 N–H and O–H groups in total. The summed E-state index contributed by atoms with van der Waals surface area (Å²) in [5, 5.41) is 7.53. The summed E-state index contributed by atoms with van der Waals surface area (Å²) in [6.45, 7) is 2.71. The number of benzene rings is 1. The summed E-state index contributed by atoms with van der Waals surface area (Å²) in [6, 6.07) is 5.85. The number of nitrogens with two attached hydrogens (primary N) is 1. The number of amides is 1. The minimum Gasteiger partial charge on any atom is -0.457 e. The number of carbonyl (C=O) groups is 2. The molecular weight excluding hydrogens is 336 g/mol. The van der Waals surface area contributed by atoms with Crippen molar-refractivity contribution in [1.82, 2.24) is 0 Å². The van der Waals surface area contributed by atoms with Crippen LogP contribution in [-0.2, 0) is 19.6 Å². The summed E-state index contributed by atoms with van der Waals surface area (Å²) in [4.78, 5) is 23.4. The summed E-state index contributed by atoms with van der Waals surface area (Å²) in [7, 11) is -3.90. The average Bonchev–Trinajstić information content (AvgIpc) is 2.92. The molecular formula is C15H16N2O6S. The number of furan rings is 1. The summed E-state index contributed by atoms with van der Waals surface area (Å²) < 4.78 is 32.7. The number of rotatable bonds is 5. The van der Waals surface area contributed by atoms with Gasteiger partial charge in [-0.2, -0.15) is 0 Å². The molecule has 0 spiro atoms. The third kappa shape index (κ3) is 4.21. The van der Waals surface area contributed by atoms with Gasteiger partial charge in [-0.15, -0.1) is 0 Å². The van der Waals surface area contributed by atoms with Gasteiger partial charge in [0.25, 0.3) is 5.91 Å². The average molecular weight is 352 g/mol. The van der Waals surface area contributed by atoms with Gasteiger partial charge in [-0.05, 0) is 37.6 Å². The Bertz CT molecular complexity index is 885. The second-order valence-electron chi connectivity index (χ2n) is 5.08. The predicted molar refractivity (Wildman–Crippen MR) is 84.9 cm³/mol. The van der Waals surface area contributed by atoms with Crippen molar-refractivity contribution in [3.05, 3.63) is 47.4 Å². The summed E-state index contributed by atoms with van der Waals surface area (Å²) >= 11 is 0. The molecule has 8 nitrogen and oxygen atoms in total. The first-order valence-corrected chi connectivity index (χ1v) is 8.37. The maximum atomic E-state index is 11.8. The van der Waals surface area contributed by atoms with Gasteiger partial charge >= 0.3 is 5.97 Å². The second-order valence-corrected chi connectivity index (χ2v) is 6.61. The normalized spacial score (nSPS) is 11.1. The lowest BCUT2D eigenvalue weighted by atomic mass is 10.2. The number of carbonyl (C=O) groups excluding carboxylic acids is 2. The highest BCUT2D eigenvalue weighted by molar-refractivity contribution is 7.89. The van der Waals surface area contributed by atoms with Crippen molar-refractivity contribution >= 4 is 27.6 Å². The Morgan fingerprint density at radius 1 is 1.21 bits per heavy atom. The fourth-order valence-electron chi connectivity index (χ4n) is 1.96. The van der Waals surface area contributed by atoms with Crippen molar-refractivity contribution in [3.8, 4) is 0 Å². The quantitative estimate of drug-likeness (QED) is 0.781. The van der Waals surface area contributed by atoms with E-state index in [9.17, 15) is 18.0 Å². The lowest BCUT2D eigenvalue weighted by Crippen LogP contribution is -2.21. The first-order chi connectivity index (χ1) is 11.2. The number of sulfonamides is 1. The predicted octanol–water partition coefficient (Wildman–Crippen LogP) is 1.34. The van der Waals surface area contributed by atoms with Crippen LogP contribution in [0.25, 0.3) is 0 Å². The molecule has 0 aliphatic carbocycles. The molecule has 0 radical (unpaired) electrons. The van der Waals surface area contributed by atoms with E-state index in [1.807, 2.05) is 0 Å². The van der Waals surface area contributed by atoms with E-state index in [4.69, 9.17) is 14.3 Å². The Balaban J connectivity index is 2.00. The molecule has 0 atom stereocenters. The fourth-order valence-corrected chi connectivity index (χ4v) is 2.77. The molecule has 0 saturated heterocycles. The number of primary sulfonamides is 1. The summed E-state index contributed by atoms with van der Waals surface area (Å²) in [6.07, 6.45) is 1.34. The van der Waals surface area contributed by atoms with Crippen molar-refractivity contribution in [2.45, 2.75) is 18.7 Å². The minimum atomic E-state index is -3.90. The van der Waals surface area contributed by atoms with Crippen molar-refractivity contribution < 1.29 is 27.2 Å². The van der Waals surface area contributed by atoms with Crippen LogP contribution < -0.4 is 10.5 Å². The van der Waals surface area contributed by atoms with Gasteiger partial charge in [0.1, 0.15) is 0 Å². The zero-order chi connectivity index (χ0) is 17.9. The summed E-state index contributed by atoms with van der Waals surface area (Å²) in [5.41, 5.74) is 1.27. The first-order valence-electron chi connectivity index (χ1n) is 6.83. The van der Waals surface area contributed by atoms with Crippen LogP contribution in [0.3, 0.4) is 0 Å². The third-order valence-electron chi connectivity index (χ3n) is 3.16. The van der Waals surface area contributed by atoms with Gasteiger partial charge in [0, 0.05) is 11.3 Å². The SMILES string of the molecule is Cc1ccc(NC(=O)COC(=O)c2occc2C)cc1S(N)(=O)=O. The van der Waals surface area contributed by atoms with Gasteiger partial charge in [0.05, 0.1) is 11.2 Å². The Hall–Kier alpha value is -2.65. The summed E-state index contributed by atoms with van der Waals surface area (Å²) in [5.74, 6) is -1.37. The monoisotopic (exact) mass is 352 g/mol. The smallest absolute Gasteiger partial charge is 0.375 e. The van der Waals surface area contributed by atoms with Crippen LogP contribution in [0.2, 0.25) is 0 Å². The zero-order valence-corrected chi connectivity index (χ0v) is 13.8. The van der Waals surface area contributed by atoms with E-state index in [-0.39, 0.29) is 16.3 Å². The number of hydrogen-bond donors (Lipinski definition) is 2. The molecule has 0 aliphatic heterocycles. The molecule has 1 heterocycles. The van der Waals surface area contributed by atoms with Crippen LogP contribution in [0.1, 0.15) is 21.7 Å². The first kappa shape index (κ1) is 17.7. The topological polar surface area (TPSA) is 129 Å². The van der Waals surface area contributed by atoms with Gasteiger partial charge in [-0.25, -0.2) is 18.4 Å². The molecule has 2 aromatic rings. The number of aryl methyl sites for hydroxylation is 2. The van der Waals surface area contributed by atoms with E-state index in [1.165, 1.54) is 24.5 Å². The van der Waals surface area contributed by atoms with Crippen molar-refractivity contribution in [3.63, 3.8) is 0 Å². The van der Waals surface area contributed by atoms with Crippen molar-refractivity contribution in [1.29, 1.82) is 0 Å². The van der Waals surface area contributed by atoms with Crippen LogP contribution in [0.5, 0.6) is 0 Å². The Morgan fingerprint density at radius 2 is 1.92 bits per heavy atom. The highest BCUT2D eigenvalue weighted by atomic mass is 32.2. The largest absolute Gasteiger partial charge is 0.457 e. The van der Waals surface area contributed by atoms with Crippen molar-refractivity contribution in [2.75, 3.05) is 11.9 Å². The van der Waals surface area contributed by atoms with Crippen LogP contribution in [0.4, 0.5) is 5.69 Å². The highest BCUT2D eigenvalue weighted by Gasteiger charge is 2.17. The number of anilines is 1. The van der Waals surface area contributed by atoms with E-state index in [0.29, 0.717) is 11.1 Å². The maximum absolute atomic E-state index is 11.8. The van der Waals surface area contributed by atoms with Crippen LogP contribution in [0, 0.1) is 13.8 Å². The Morgan fingerprint density at radius 3 is 2.50 bits per heavy atom. The number of esters is 1. The highest BCUT2D eigenvalue weighted by Crippen LogP contribution is 2.19. The molecule has 9 heteroatoms. The van der Waals surface area contributed by atoms with Crippen LogP contribution in [0.15, 0.2) is 39.8 Å². The molecule has 24 heavy (non-hydrogen) atoms. The lowest BCUT2D eigenvalue weighted by Gasteiger charge is -2.09. The van der Waals surface area contributed by atoms with Gasteiger partial charge in [0.15, 0.2) is 6.61 Å². The molecule has 0 fully saturated rings. The van der Waals surface area contributed by atoms with E-state index >= 15 is 0 Å². The number of ether oxygens (including phenoxy) is 1. The van der Waals surface area contributed by atoms with Gasteiger partial charge in [-0.1, -0.05) is 6.07 Å². The molecule has 128 valence electrons. The molecule has 0 aliphatic rings. The number of nitrogens with one attached hydrogen (secondary N) is 1. The Kier molecular flexibility index (Phi) is 5.05. The van der Waals surface area contributed by atoms with E-state index in [2.05, 4.69) is 5.32 Å². The van der Waals surface area contributed by atoms with Gasteiger partial charge < -0.3 is 14.5 Å². The van der Waals surface area contributed by atoms with E-state index in [1.54, 1.807) is 19.9 Å². The van der Waals surface area contributed by atoms with Crippen molar-refractivity contribution in [2.24, 2.45) is 5.14 Å². The molecule has 2 rings (SSSR count). The van der Waals surface area contributed by atoms with Gasteiger partial charge in [0.2, 0.25) is 15.8 Å². The molecule has 0 saturated carbocycles. The third-order valence-corrected chi connectivity index (χ3v) is 4.21. The molecule has 1 amide bonds. The van der Waals surface area contributed by atoms with E-state index in [0.717, 1.165) is 0 Å². The Labute approximate surface area is 138 Å². The minimum absolute atomic E-state index is 0.0228. The molecule has 1 aromatic carbocycles. The fraction of sp³-hybridized carbons (Fsp3) is 0.200. The lowest BCUT2D eigenvalue weighted by molar-refractivity contribution is -0.119.